The molecule has 0 aliphatic rings. The van der Waals surface area contributed by atoms with Crippen molar-refractivity contribution in [1.82, 2.24) is 5.32 Å². The van der Waals surface area contributed by atoms with Gasteiger partial charge in [0.2, 0.25) is 0 Å². The maximum Gasteiger partial charge on any atom is 0.407 e. The zero-order chi connectivity index (χ0) is 17.9. The van der Waals surface area contributed by atoms with Crippen molar-refractivity contribution in [3.8, 4) is 11.8 Å². The smallest absolute Gasteiger partial charge is 0.407 e. The molecule has 0 aliphatic carbocycles. The molecule has 2 aromatic carbocycles. The first-order valence-corrected chi connectivity index (χ1v) is 7.92. The molecule has 5 nitrogen and oxygen atoms in total. The number of carbonyl (C=O) groups is 1. The van der Waals surface area contributed by atoms with Gasteiger partial charge in [-0.2, -0.15) is 5.26 Å². The molecular formula is C20H20N2O3. The highest BCUT2D eigenvalue weighted by Gasteiger charge is 2.05. The van der Waals surface area contributed by atoms with Crippen LogP contribution in [-0.4, -0.2) is 19.7 Å². The van der Waals surface area contributed by atoms with Gasteiger partial charge in [-0.1, -0.05) is 54.6 Å². The highest BCUT2D eigenvalue weighted by Crippen LogP contribution is 2.22. The van der Waals surface area contributed by atoms with Crippen molar-refractivity contribution in [3.05, 3.63) is 71.3 Å². The fourth-order valence-electron chi connectivity index (χ4n) is 2.22. The van der Waals surface area contributed by atoms with E-state index in [4.69, 9.17) is 9.47 Å². The van der Waals surface area contributed by atoms with E-state index in [-0.39, 0.29) is 6.61 Å². The van der Waals surface area contributed by atoms with Crippen LogP contribution in [-0.2, 0) is 11.3 Å². The van der Waals surface area contributed by atoms with Crippen LogP contribution in [0.4, 0.5) is 4.79 Å². The average molecular weight is 336 g/mol. The molecule has 5 heteroatoms. The fourth-order valence-corrected chi connectivity index (χ4v) is 2.22. The maximum absolute atomic E-state index is 11.6. The van der Waals surface area contributed by atoms with Crippen molar-refractivity contribution in [2.45, 2.75) is 13.0 Å². The van der Waals surface area contributed by atoms with Gasteiger partial charge in [-0.15, -0.1) is 0 Å². The van der Waals surface area contributed by atoms with Gasteiger partial charge in [0, 0.05) is 6.54 Å². The molecular weight excluding hydrogens is 316 g/mol. The third kappa shape index (κ3) is 5.70. The van der Waals surface area contributed by atoms with Gasteiger partial charge in [-0.3, -0.25) is 0 Å². The molecule has 0 aliphatic heterocycles. The van der Waals surface area contributed by atoms with E-state index in [1.807, 2.05) is 54.6 Å². The van der Waals surface area contributed by atoms with Crippen LogP contribution >= 0.6 is 0 Å². The number of amides is 1. The average Bonchev–Trinajstić information content (AvgIpc) is 2.66. The lowest BCUT2D eigenvalue weighted by molar-refractivity contribution is 0.140. The number of alkyl carbamates (subject to hydrolysis) is 1. The predicted molar refractivity (Wildman–Crippen MR) is 96.0 cm³/mol. The lowest BCUT2D eigenvalue weighted by Crippen LogP contribution is -2.24. The summed E-state index contributed by atoms with van der Waals surface area (Å²) in [5.41, 5.74) is 2.23. The third-order valence-electron chi connectivity index (χ3n) is 3.48. The van der Waals surface area contributed by atoms with Crippen LogP contribution in [0.3, 0.4) is 0 Å². The quantitative estimate of drug-likeness (QED) is 0.779. The molecule has 0 atom stereocenters. The van der Waals surface area contributed by atoms with E-state index in [0.29, 0.717) is 24.3 Å². The molecule has 0 unspecified atom stereocenters. The molecule has 0 bridgehead atoms. The monoisotopic (exact) mass is 336 g/mol. The number of nitrogens with zero attached hydrogens (tertiary/aromatic N) is 1. The summed E-state index contributed by atoms with van der Waals surface area (Å²) in [6.45, 7) is 0.702. The Morgan fingerprint density at radius 2 is 2.00 bits per heavy atom. The lowest BCUT2D eigenvalue weighted by Gasteiger charge is -2.06. The molecule has 0 saturated heterocycles. The Bertz CT molecular complexity index is 764. The molecule has 128 valence electrons. The standard InChI is InChI=1S/C20H20N2O3/c1-24-19-12-7-11-17(18(19)14-21)10-5-6-13-22-20(23)25-15-16-8-3-2-4-9-16/h2-5,7-12H,6,13,15H2,1H3,(H,22,23). The Hall–Kier alpha value is -3.26. The summed E-state index contributed by atoms with van der Waals surface area (Å²) >= 11 is 0. The zero-order valence-corrected chi connectivity index (χ0v) is 14.1. The van der Waals surface area contributed by atoms with Gasteiger partial charge in [0.25, 0.3) is 0 Å². The molecule has 0 radical (unpaired) electrons. The Balaban J connectivity index is 1.75. The number of hydrogen-bond donors (Lipinski definition) is 1. The molecule has 0 saturated carbocycles. The second-order valence-corrected chi connectivity index (χ2v) is 5.22. The molecule has 1 N–H and O–H groups in total. The third-order valence-corrected chi connectivity index (χ3v) is 3.48. The van der Waals surface area contributed by atoms with Gasteiger partial charge in [0.15, 0.2) is 0 Å². The van der Waals surface area contributed by atoms with Crippen LogP contribution in [0.25, 0.3) is 6.08 Å². The van der Waals surface area contributed by atoms with E-state index >= 15 is 0 Å². The zero-order valence-electron chi connectivity index (χ0n) is 14.1. The largest absolute Gasteiger partial charge is 0.495 e. The molecule has 2 rings (SSSR count). The number of hydrogen-bond acceptors (Lipinski definition) is 4. The Kier molecular flexibility index (Phi) is 7.08. The molecule has 0 aromatic heterocycles. The van der Waals surface area contributed by atoms with Crippen LogP contribution in [0.2, 0.25) is 0 Å². The van der Waals surface area contributed by atoms with Gasteiger partial charge in [0.1, 0.15) is 24.0 Å². The summed E-state index contributed by atoms with van der Waals surface area (Å²) in [6.07, 6.45) is 3.92. The van der Waals surface area contributed by atoms with Gasteiger partial charge in [-0.05, 0) is 23.6 Å². The highest BCUT2D eigenvalue weighted by molar-refractivity contribution is 5.67. The summed E-state index contributed by atoms with van der Waals surface area (Å²) in [6, 6.07) is 17.1. The summed E-state index contributed by atoms with van der Waals surface area (Å²) in [5, 5.41) is 11.9. The van der Waals surface area contributed by atoms with Crippen molar-refractivity contribution in [1.29, 1.82) is 5.26 Å². The summed E-state index contributed by atoms with van der Waals surface area (Å²) in [5.74, 6) is 0.548. The van der Waals surface area contributed by atoms with Crippen LogP contribution < -0.4 is 10.1 Å². The first kappa shape index (κ1) is 18.1. The van der Waals surface area contributed by atoms with Crippen molar-refractivity contribution >= 4 is 12.2 Å². The van der Waals surface area contributed by atoms with Gasteiger partial charge in [0.05, 0.1) is 7.11 Å². The van der Waals surface area contributed by atoms with Gasteiger partial charge < -0.3 is 14.8 Å². The number of methoxy groups -OCH3 is 1. The molecule has 1 amide bonds. The SMILES string of the molecule is COc1cccc(C=CCCNC(=O)OCc2ccccc2)c1C#N. The van der Waals surface area contributed by atoms with Crippen LogP contribution in [0.1, 0.15) is 23.1 Å². The van der Waals surface area contributed by atoms with E-state index in [2.05, 4.69) is 11.4 Å². The first-order chi connectivity index (χ1) is 12.2. The number of nitrogens with one attached hydrogen (secondary N) is 1. The summed E-state index contributed by atoms with van der Waals surface area (Å²) < 4.78 is 10.3. The van der Waals surface area contributed by atoms with E-state index in [1.165, 1.54) is 7.11 Å². The van der Waals surface area contributed by atoms with E-state index in [9.17, 15) is 10.1 Å². The number of benzene rings is 2. The molecule has 0 heterocycles. The first-order valence-electron chi connectivity index (χ1n) is 7.92. The van der Waals surface area contributed by atoms with Crippen LogP contribution in [0, 0.1) is 11.3 Å². The van der Waals surface area contributed by atoms with Crippen molar-refractivity contribution in [3.63, 3.8) is 0 Å². The minimum absolute atomic E-state index is 0.248. The van der Waals surface area contributed by atoms with Gasteiger partial charge >= 0.3 is 6.09 Å². The Morgan fingerprint density at radius 3 is 2.72 bits per heavy atom. The molecule has 25 heavy (non-hydrogen) atoms. The lowest BCUT2D eigenvalue weighted by atomic mass is 10.1. The molecule has 2 aromatic rings. The number of ether oxygens (including phenoxy) is 2. The normalized spacial score (nSPS) is 10.2. The van der Waals surface area contributed by atoms with E-state index < -0.39 is 6.09 Å². The minimum atomic E-state index is -0.448. The number of nitriles is 1. The van der Waals surface area contributed by atoms with E-state index in [1.54, 1.807) is 6.07 Å². The summed E-state index contributed by atoms with van der Waals surface area (Å²) in [7, 11) is 1.54. The Morgan fingerprint density at radius 1 is 1.20 bits per heavy atom. The number of rotatable bonds is 7. The molecule has 0 spiro atoms. The Labute approximate surface area is 147 Å². The highest BCUT2D eigenvalue weighted by atomic mass is 16.5. The summed E-state index contributed by atoms with van der Waals surface area (Å²) in [4.78, 5) is 11.6. The fraction of sp³-hybridized carbons (Fsp3) is 0.200. The minimum Gasteiger partial charge on any atom is -0.495 e. The second kappa shape index (κ2) is 9.78. The molecule has 0 fully saturated rings. The second-order valence-electron chi connectivity index (χ2n) is 5.22. The van der Waals surface area contributed by atoms with Crippen LogP contribution in [0.15, 0.2) is 54.6 Å². The van der Waals surface area contributed by atoms with Crippen molar-refractivity contribution < 1.29 is 14.3 Å². The van der Waals surface area contributed by atoms with Gasteiger partial charge in [-0.25, -0.2) is 4.79 Å². The topological polar surface area (TPSA) is 71.3 Å². The maximum atomic E-state index is 11.6. The van der Waals surface area contributed by atoms with E-state index in [0.717, 1.165) is 11.1 Å². The number of carbonyl (C=O) groups excluding carboxylic acids is 1. The predicted octanol–water partition coefficient (Wildman–Crippen LogP) is 3.90. The van der Waals surface area contributed by atoms with Crippen molar-refractivity contribution in [2.75, 3.05) is 13.7 Å². The van der Waals surface area contributed by atoms with Crippen molar-refractivity contribution in [2.24, 2.45) is 0 Å². The van der Waals surface area contributed by atoms with Crippen LogP contribution in [0.5, 0.6) is 5.75 Å².